The Morgan fingerprint density at radius 2 is 1.83 bits per heavy atom. The first kappa shape index (κ1) is 14.5. The molecule has 0 aliphatic carbocycles. The maximum atomic E-state index is 12.2. The van der Waals surface area contributed by atoms with E-state index in [0.29, 0.717) is 5.02 Å². The number of hydrogen-bond acceptors (Lipinski definition) is 2. The highest BCUT2D eigenvalue weighted by Gasteiger charge is 2.30. The largest absolute Gasteiger partial charge is 0.325 e. The molecular weight excluding hydrogens is 248 g/mol. The van der Waals surface area contributed by atoms with Gasteiger partial charge in [-0.25, -0.2) is 0 Å². The molecular formula is C14H17ClN2O. The molecule has 0 saturated carbocycles. The van der Waals surface area contributed by atoms with Gasteiger partial charge in [0, 0.05) is 17.5 Å². The van der Waals surface area contributed by atoms with Gasteiger partial charge in [0.05, 0.1) is 6.07 Å². The van der Waals surface area contributed by atoms with Crippen LogP contribution in [0, 0.1) is 16.7 Å². The van der Waals surface area contributed by atoms with Gasteiger partial charge >= 0.3 is 0 Å². The van der Waals surface area contributed by atoms with Crippen LogP contribution in [-0.4, -0.2) is 17.9 Å². The Labute approximate surface area is 113 Å². The van der Waals surface area contributed by atoms with Crippen molar-refractivity contribution < 1.29 is 4.79 Å². The van der Waals surface area contributed by atoms with E-state index >= 15 is 0 Å². The number of carbonyl (C=O) groups excluding carboxylic acids is 1. The molecule has 3 nitrogen and oxygen atoms in total. The summed E-state index contributed by atoms with van der Waals surface area (Å²) in [4.78, 5) is 13.6. The van der Waals surface area contributed by atoms with Crippen LogP contribution in [0.15, 0.2) is 24.3 Å². The first-order chi connectivity index (χ1) is 8.27. The summed E-state index contributed by atoms with van der Waals surface area (Å²) in [5, 5.41) is 9.87. The predicted molar refractivity (Wildman–Crippen MR) is 72.0 cm³/mol. The smallest absolute Gasteiger partial charge is 0.229 e. The molecule has 0 aliphatic rings. The summed E-state index contributed by atoms with van der Waals surface area (Å²) in [6, 6.07) is 8.53. The summed E-state index contributed by atoms with van der Waals surface area (Å²) in [6.07, 6.45) is 0. The van der Waals surface area contributed by atoms with E-state index in [0.717, 1.165) is 5.56 Å². The van der Waals surface area contributed by atoms with Gasteiger partial charge in [-0.05, 0) is 17.7 Å². The molecule has 0 radical (unpaired) electrons. The Morgan fingerprint density at radius 3 is 2.22 bits per heavy atom. The molecule has 4 heteroatoms. The third-order valence-electron chi connectivity index (χ3n) is 2.66. The van der Waals surface area contributed by atoms with Crippen molar-refractivity contribution in [2.45, 2.75) is 26.8 Å². The molecule has 0 bridgehead atoms. The number of rotatable bonds is 2. The Bertz CT molecular complexity index is 468. The van der Waals surface area contributed by atoms with Gasteiger partial charge in [-0.15, -0.1) is 0 Å². The second-order valence-corrected chi connectivity index (χ2v) is 5.69. The average molecular weight is 265 g/mol. The lowest BCUT2D eigenvalue weighted by Crippen LogP contribution is -2.38. The minimum atomic E-state index is -0.589. The summed E-state index contributed by atoms with van der Waals surface area (Å²) < 4.78 is 0. The molecule has 0 heterocycles. The molecule has 1 aromatic carbocycles. The molecule has 0 fully saturated rings. The van der Waals surface area contributed by atoms with Crippen LogP contribution in [0.4, 0.5) is 0 Å². The molecule has 96 valence electrons. The van der Waals surface area contributed by atoms with E-state index in [4.69, 9.17) is 11.6 Å². The highest BCUT2D eigenvalue weighted by molar-refractivity contribution is 6.30. The van der Waals surface area contributed by atoms with Crippen molar-refractivity contribution >= 4 is 17.5 Å². The maximum Gasteiger partial charge on any atom is 0.229 e. The van der Waals surface area contributed by atoms with Crippen molar-refractivity contribution in [2.75, 3.05) is 7.05 Å². The van der Waals surface area contributed by atoms with Crippen molar-refractivity contribution in [3.63, 3.8) is 0 Å². The van der Waals surface area contributed by atoms with Crippen LogP contribution in [0.1, 0.15) is 32.4 Å². The highest BCUT2D eigenvalue weighted by Crippen LogP contribution is 2.25. The van der Waals surface area contributed by atoms with Crippen LogP contribution >= 0.6 is 11.6 Å². The van der Waals surface area contributed by atoms with Crippen molar-refractivity contribution in [3.8, 4) is 6.07 Å². The molecule has 1 rings (SSSR count). The second kappa shape index (κ2) is 5.41. The molecule has 0 N–H and O–H groups in total. The summed E-state index contributed by atoms with van der Waals surface area (Å²) >= 11 is 5.81. The topological polar surface area (TPSA) is 44.1 Å². The van der Waals surface area contributed by atoms with Crippen molar-refractivity contribution in [1.29, 1.82) is 5.26 Å². The lowest BCUT2D eigenvalue weighted by molar-refractivity contribution is -0.139. The predicted octanol–water partition coefficient (Wildman–Crippen LogP) is 3.41. The van der Waals surface area contributed by atoms with Crippen LogP contribution in [0.25, 0.3) is 0 Å². The van der Waals surface area contributed by atoms with Gasteiger partial charge in [0.1, 0.15) is 6.04 Å². The van der Waals surface area contributed by atoms with Crippen molar-refractivity contribution in [1.82, 2.24) is 4.90 Å². The number of halogens is 1. The van der Waals surface area contributed by atoms with Gasteiger partial charge in [0.2, 0.25) is 5.91 Å². The van der Waals surface area contributed by atoms with E-state index in [1.54, 1.807) is 31.3 Å². The number of amides is 1. The van der Waals surface area contributed by atoms with Gasteiger partial charge in [-0.2, -0.15) is 5.26 Å². The fraction of sp³-hybridized carbons (Fsp3) is 0.429. The van der Waals surface area contributed by atoms with E-state index in [1.807, 2.05) is 20.8 Å². The van der Waals surface area contributed by atoms with E-state index < -0.39 is 11.5 Å². The van der Waals surface area contributed by atoms with Gasteiger partial charge < -0.3 is 4.90 Å². The summed E-state index contributed by atoms with van der Waals surface area (Å²) in [5.41, 5.74) is 0.262. The minimum absolute atomic E-state index is 0.0657. The molecule has 0 spiro atoms. The van der Waals surface area contributed by atoms with Crippen LogP contribution in [0.5, 0.6) is 0 Å². The number of nitrogens with zero attached hydrogens (tertiary/aromatic N) is 2. The summed E-state index contributed by atoms with van der Waals surface area (Å²) in [6.45, 7) is 5.51. The second-order valence-electron chi connectivity index (χ2n) is 5.25. The van der Waals surface area contributed by atoms with E-state index in [1.165, 1.54) is 4.90 Å². The lowest BCUT2D eigenvalue weighted by atomic mass is 9.93. The zero-order valence-electron chi connectivity index (χ0n) is 11.1. The number of carbonyl (C=O) groups is 1. The molecule has 0 aromatic heterocycles. The quantitative estimate of drug-likeness (QED) is 0.822. The zero-order chi connectivity index (χ0) is 13.9. The fourth-order valence-electron chi connectivity index (χ4n) is 1.68. The van der Waals surface area contributed by atoms with Crippen molar-refractivity contribution in [2.24, 2.45) is 5.41 Å². The minimum Gasteiger partial charge on any atom is -0.325 e. The average Bonchev–Trinajstić information content (AvgIpc) is 2.30. The molecule has 0 saturated heterocycles. The van der Waals surface area contributed by atoms with E-state index in [2.05, 4.69) is 6.07 Å². The summed E-state index contributed by atoms with van der Waals surface area (Å²) in [7, 11) is 1.65. The highest BCUT2D eigenvalue weighted by atomic mass is 35.5. The Morgan fingerprint density at radius 1 is 1.33 bits per heavy atom. The van der Waals surface area contributed by atoms with Gasteiger partial charge in [-0.3, -0.25) is 4.79 Å². The molecule has 1 amide bonds. The van der Waals surface area contributed by atoms with Crippen molar-refractivity contribution in [3.05, 3.63) is 34.9 Å². The van der Waals surface area contributed by atoms with Gasteiger partial charge in [-0.1, -0.05) is 44.5 Å². The number of hydrogen-bond donors (Lipinski definition) is 0. The Hall–Kier alpha value is -1.53. The molecule has 1 atom stereocenters. The first-order valence-corrected chi connectivity index (χ1v) is 6.07. The van der Waals surface area contributed by atoms with Crippen LogP contribution < -0.4 is 0 Å². The third kappa shape index (κ3) is 3.24. The normalized spacial score (nSPS) is 12.7. The summed E-state index contributed by atoms with van der Waals surface area (Å²) in [5.74, 6) is -0.0657. The van der Waals surface area contributed by atoms with Crippen LogP contribution in [0.3, 0.4) is 0 Å². The van der Waals surface area contributed by atoms with E-state index in [9.17, 15) is 10.1 Å². The van der Waals surface area contributed by atoms with Crippen LogP contribution in [-0.2, 0) is 4.79 Å². The van der Waals surface area contributed by atoms with Gasteiger partial charge in [0.25, 0.3) is 0 Å². The van der Waals surface area contributed by atoms with E-state index in [-0.39, 0.29) is 5.91 Å². The third-order valence-corrected chi connectivity index (χ3v) is 2.91. The standard InChI is InChI=1S/C14H17ClN2O/c1-14(2,3)13(18)17(4)12(9-16)10-5-7-11(15)8-6-10/h5-8,12H,1-4H3. The molecule has 18 heavy (non-hydrogen) atoms. The maximum absolute atomic E-state index is 12.2. The number of nitriles is 1. The van der Waals surface area contributed by atoms with Crippen LogP contribution in [0.2, 0.25) is 5.02 Å². The zero-order valence-corrected chi connectivity index (χ0v) is 11.8. The Kier molecular flexibility index (Phi) is 4.37. The lowest BCUT2D eigenvalue weighted by Gasteiger charge is -2.29. The van der Waals surface area contributed by atoms with Gasteiger partial charge in [0.15, 0.2) is 0 Å². The SMILES string of the molecule is CN(C(=O)C(C)(C)C)C(C#N)c1ccc(Cl)cc1. The monoisotopic (exact) mass is 264 g/mol. The molecule has 1 unspecified atom stereocenters. The fourth-order valence-corrected chi connectivity index (χ4v) is 1.80. The Balaban J connectivity index is 3.02. The molecule has 1 aromatic rings. The first-order valence-electron chi connectivity index (χ1n) is 5.69. The number of benzene rings is 1. The molecule has 0 aliphatic heterocycles.